The van der Waals surface area contributed by atoms with Crippen LogP contribution < -0.4 is 26.0 Å². The number of aryl methyl sites for hydroxylation is 1. The number of hydrogen-bond acceptors (Lipinski definition) is 8. The minimum Gasteiger partial charge on any atom is -0.497 e. The molecule has 0 aliphatic heterocycles. The molecule has 0 fully saturated rings. The third-order valence-corrected chi connectivity index (χ3v) is 4.46. The number of H-pyrrole nitrogens is 1. The number of aliphatic hydroxyl groups is 2. The molecular weight excluding hydrogens is 394 g/mol. The number of benzene rings is 1. The van der Waals surface area contributed by atoms with Crippen LogP contribution in [0.3, 0.4) is 0 Å². The highest BCUT2D eigenvalue weighted by molar-refractivity contribution is 5.74. The molecule has 0 unspecified atom stereocenters. The van der Waals surface area contributed by atoms with Gasteiger partial charge in [0.25, 0.3) is 5.56 Å². The molecule has 0 saturated carbocycles. The average molecular weight is 419 g/mol. The number of nitrogens with zero attached hydrogens (tertiary/aromatic N) is 3. The zero-order valence-electron chi connectivity index (χ0n) is 17.0. The molecule has 0 saturated heterocycles. The first-order valence-electron chi connectivity index (χ1n) is 9.36. The molecule has 0 spiro atoms. The van der Waals surface area contributed by atoms with Crippen molar-refractivity contribution in [2.75, 3.05) is 25.6 Å². The number of anilines is 1. The topological polar surface area (TPSA) is 144 Å². The monoisotopic (exact) mass is 419 g/mol. The third kappa shape index (κ3) is 4.63. The summed E-state index contributed by atoms with van der Waals surface area (Å²) in [5.41, 5.74) is -0.912. The Hall–Kier alpha value is -3.31. The van der Waals surface area contributed by atoms with Gasteiger partial charge in [0.1, 0.15) is 24.2 Å². The predicted molar refractivity (Wildman–Crippen MR) is 110 cm³/mol. The summed E-state index contributed by atoms with van der Waals surface area (Å²) >= 11 is 0. The van der Waals surface area contributed by atoms with Gasteiger partial charge in [0.15, 0.2) is 11.2 Å². The van der Waals surface area contributed by atoms with Gasteiger partial charge in [0.05, 0.1) is 19.8 Å². The number of aliphatic hydroxyl groups excluding tert-OH is 2. The van der Waals surface area contributed by atoms with E-state index in [1.165, 1.54) is 16.2 Å². The summed E-state index contributed by atoms with van der Waals surface area (Å²) in [7, 11) is 3.05. The van der Waals surface area contributed by atoms with Crippen LogP contribution in [-0.2, 0) is 13.6 Å². The van der Waals surface area contributed by atoms with Crippen molar-refractivity contribution in [3.63, 3.8) is 0 Å². The van der Waals surface area contributed by atoms with E-state index >= 15 is 0 Å². The minimum atomic E-state index is -0.978. The van der Waals surface area contributed by atoms with E-state index in [4.69, 9.17) is 9.47 Å². The summed E-state index contributed by atoms with van der Waals surface area (Å²) in [4.78, 5) is 30.8. The second kappa shape index (κ2) is 9.01. The Labute approximate surface area is 171 Å². The van der Waals surface area contributed by atoms with Crippen LogP contribution in [-0.4, -0.2) is 61.8 Å². The van der Waals surface area contributed by atoms with Crippen LogP contribution in [0.4, 0.5) is 5.95 Å². The number of hydrogen-bond donors (Lipinski definition) is 4. The number of ether oxygens (including phenoxy) is 2. The maximum Gasteiger partial charge on any atom is 0.329 e. The van der Waals surface area contributed by atoms with Crippen molar-refractivity contribution in [3.05, 3.63) is 45.1 Å². The molecule has 2 aromatic heterocycles. The van der Waals surface area contributed by atoms with Crippen LogP contribution in [0.5, 0.6) is 11.5 Å². The predicted octanol–water partition coefficient (Wildman–Crippen LogP) is -0.335. The van der Waals surface area contributed by atoms with E-state index in [0.717, 1.165) is 0 Å². The summed E-state index contributed by atoms with van der Waals surface area (Å²) in [5.74, 6) is 1.49. The Kier molecular flexibility index (Phi) is 6.43. The van der Waals surface area contributed by atoms with Crippen LogP contribution in [0.15, 0.2) is 33.9 Å². The fourth-order valence-corrected chi connectivity index (χ4v) is 2.91. The van der Waals surface area contributed by atoms with E-state index < -0.39 is 23.5 Å². The number of aromatic nitrogens is 4. The van der Waals surface area contributed by atoms with Crippen molar-refractivity contribution in [1.29, 1.82) is 0 Å². The summed E-state index contributed by atoms with van der Waals surface area (Å²) in [6.07, 6.45) is -1.64. The second-order valence-corrected chi connectivity index (χ2v) is 6.91. The molecule has 3 rings (SSSR count). The third-order valence-electron chi connectivity index (χ3n) is 4.46. The minimum absolute atomic E-state index is 0.0178. The first kappa shape index (κ1) is 21.4. The Morgan fingerprint density at radius 1 is 1.20 bits per heavy atom. The summed E-state index contributed by atoms with van der Waals surface area (Å²) < 4.78 is 13.4. The quantitative estimate of drug-likeness (QED) is 0.369. The van der Waals surface area contributed by atoms with Crippen molar-refractivity contribution < 1.29 is 19.7 Å². The second-order valence-electron chi connectivity index (χ2n) is 6.91. The summed E-state index contributed by atoms with van der Waals surface area (Å²) in [6, 6.07) is 6.91. The van der Waals surface area contributed by atoms with Gasteiger partial charge in [-0.25, -0.2) is 4.79 Å². The molecule has 1 aromatic carbocycles. The zero-order chi connectivity index (χ0) is 21.8. The normalized spacial score (nSPS) is 13.2. The molecule has 11 nitrogen and oxygen atoms in total. The lowest BCUT2D eigenvalue weighted by molar-refractivity contribution is 0.0937. The molecule has 0 radical (unpaired) electrons. The van der Waals surface area contributed by atoms with E-state index in [0.29, 0.717) is 11.5 Å². The molecular formula is C19H25N5O6. The standard InChI is InChI=1S/C19H25N5O6/c1-11(25)8-20-18-21-16-15(17(27)22-19(28)23(16)2)24(18)9-12(26)10-30-14-6-4-13(29-3)5-7-14/h4-7,11-12,25-26H,8-10H2,1-3H3,(H,20,21)(H,22,27,28)/t11-,12-/m1/s1. The zero-order valence-corrected chi connectivity index (χ0v) is 17.0. The Balaban J connectivity index is 1.85. The molecule has 2 atom stereocenters. The number of fused-ring (bicyclic) bond motifs is 1. The average Bonchev–Trinajstić information content (AvgIpc) is 3.08. The Morgan fingerprint density at radius 3 is 2.50 bits per heavy atom. The molecule has 4 N–H and O–H groups in total. The molecule has 30 heavy (non-hydrogen) atoms. The molecule has 3 aromatic rings. The first-order valence-corrected chi connectivity index (χ1v) is 9.36. The van der Waals surface area contributed by atoms with E-state index in [2.05, 4.69) is 15.3 Å². The van der Waals surface area contributed by atoms with Crippen molar-refractivity contribution in [2.24, 2.45) is 7.05 Å². The summed E-state index contributed by atoms with van der Waals surface area (Å²) in [5, 5.41) is 23.0. The van der Waals surface area contributed by atoms with Gasteiger partial charge in [0.2, 0.25) is 5.95 Å². The van der Waals surface area contributed by atoms with Crippen molar-refractivity contribution in [3.8, 4) is 11.5 Å². The van der Waals surface area contributed by atoms with Crippen LogP contribution in [0.25, 0.3) is 11.2 Å². The van der Waals surface area contributed by atoms with Crippen LogP contribution in [0.1, 0.15) is 6.92 Å². The van der Waals surface area contributed by atoms with Gasteiger partial charge in [-0.05, 0) is 31.2 Å². The molecule has 0 aliphatic carbocycles. The molecule has 11 heteroatoms. The SMILES string of the molecule is COc1ccc(OC[C@H](O)Cn2c(NC[C@@H](C)O)nc3c2c(=O)[nH]c(=O)n3C)cc1. The maximum atomic E-state index is 12.4. The number of imidazole rings is 1. The maximum absolute atomic E-state index is 12.4. The molecule has 162 valence electrons. The van der Waals surface area contributed by atoms with Crippen molar-refractivity contribution in [2.45, 2.75) is 25.7 Å². The fraction of sp³-hybridized carbons (Fsp3) is 0.421. The van der Waals surface area contributed by atoms with Crippen molar-refractivity contribution in [1.82, 2.24) is 19.1 Å². The Bertz CT molecular complexity index is 1120. The van der Waals surface area contributed by atoms with E-state index in [1.807, 2.05) is 0 Å². The van der Waals surface area contributed by atoms with Gasteiger partial charge in [-0.1, -0.05) is 0 Å². The summed E-state index contributed by atoms with van der Waals surface area (Å²) in [6.45, 7) is 1.72. The lowest BCUT2D eigenvalue weighted by Crippen LogP contribution is -2.31. The van der Waals surface area contributed by atoms with Crippen LogP contribution in [0, 0.1) is 0 Å². The molecule has 0 bridgehead atoms. The van der Waals surface area contributed by atoms with Gasteiger partial charge in [-0.2, -0.15) is 4.98 Å². The molecule has 2 heterocycles. The lowest BCUT2D eigenvalue weighted by atomic mass is 10.3. The highest BCUT2D eigenvalue weighted by Crippen LogP contribution is 2.19. The van der Waals surface area contributed by atoms with Crippen LogP contribution >= 0.6 is 0 Å². The van der Waals surface area contributed by atoms with Gasteiger partial charge in [0, 0.05) is 13.6 Å². The van der Waals surface area contributed by atoms with Gasteiger partial charge in [-0.15, -0.1) is 0 Å². The van der Waals surface area contributed by atoms with Gasteiger partial charge >= 0.3 is 5.69 Å². The van der Waals surface area contributed by atoms with Gasteiger partial charge < -0.3 is 29.6 Å². The van der Waals surface area contributed by atoms with E-state index in [1.54, 1.807) is 38.3 Å². The van der Waals surface area contributed by atoms with Crippen LogP contribution in [0.2, 0.25) is 0 Å². The van der Waals surface area contributed by atoms with Crippen molar-refractivity contribution >= 4 is 17.1 Å². The number of aromatic amines is 1. The molecule has 0 aliphatic rings. The number of methoxy groups -OCH3 is 1. The highest BCUT2D eigenvalue weighted by Gasteiger charge is 2.20. The fourth-order valence-electron chi connectivity index (χ4n) is 2.91. The molecule has 0 amide bonds. The first-order chi connectivity index (χ1) is 14.3. The smallest absolute Gasteiger partial charge is 0.329 e. The Morgan fingerprint density at radius 2 is 1.87 bits per heavy atom. The highest BCUT2D eigenvalue weighted by atomic mass is 16.5. The van der Waals surface area contributed by atoms with E-state index in [-0.39, 0.29) is 36.8 Å². The number of nitrogens with one attached hydrogen (secondary N) is 2. The van der Waals surface area contributed by atoms with E-state index in [9.17, 15) is 19.8 Å². The largest absolute Gasteiger partial charge is 0.497 e. The van der Waals surface area contributed by atoms with Gasteiger partial charge in [-0.3, -0.25) is 14.3 Å². The number of rotatable bonds is 9. The lowest BCUT2D eigenvalue weighted by Gasteiger charge is -2.16.